The van der Waals surface area contributed by atoms with E-state index in [0.717, 1.165) is 13.2 Å². The number of fused-ring (bicyclic) bond motifs is 1. The van der Waals surface area contributed by atoms with Crippen LogP contribution >= 0.6 is 0 Å². The molecule has 0 aromatic heterocycles. The normalized spacial score (nSPS) is 24.2. The van der Waals surface area contributed by atoms with Crippen molar-refractivity contribution in [2.24, 2.45) is 0 Å². The number of ether oxygens (including phenoxy) is 1. The Hall–Kier alpha value is -0.860. The van der Waals surface area contributed by atoms with E-state index in [2.05, 4.69) is 30.4 Å². The quantitative estimate of drug-likeness (QED) is 0.895. The molecule has 0 saturated carbocycles. The van der Waals surface area contributed by atoms with E-state index < -0.39 is 0 Å². The Bertz CT molecular complexity index is 423. The fraction of sp³-hybridized carbons (Fsp3) is 0.647. The Morgan fingerprint density at radius 1 is 1.21 bits per heavy atom. The molecule has 1 aliphatic heterocycles. The summed E-state index contributed by atoms with van der Waals surface area (Å²) in [5, 5.41) is 3.63. The third-order valence-corrected chi connectivity index (χ3v) is 4.55. The summed E-state index contributed by atoms with van der Waals surface area (Å²) in [6.45, 7) is 4.19. The largest absolute Gasteiger partial charge is 0.377 e. The highest BCUT2D eigenvalue weighted by Gasteiger charge is 2.16. The number of rotatable bonds is 4. The van der Waals surface area contributed by atoms with Crippen LogP contribution in [0, 0.1) is 0 Å². The molecular weight excluding hydrogens is 234 g/mol. The van der Waals surface area contributed by atoms with E-state index in [-0.39, 0.29) is 0 Å². The van der Waals surface area contributed by atoms with Crippen LogP contribution in [-0.4, -0.2) is 19.3 Å². The first-order chi connectivity index (χ1) is 9.33. The van der Waals surface area contributed by atoms with Crippen molar-refractivity contribution in [1.29, 1.82) is 0 Å². The summed E-state index contributed by atoms with van der Waals surface area (Å²) >= 11 is 0. The summed E-state index contributed by atoms with van der Waals surface area (Å²) in [6.07, 6.45) is 8.05. The summed E-state index contributed by atoms with van der Waals surface area (Å²) in [7, 11) is 0. The van der Waals surface area contributed by atoms with Crippen molar-refractivity contribution in [1.82, 2.24) is 5.32 Å². The molecule has 2 nitrogen and oxygen atoms in total. The number of hydrogen-bond donors (Lipinski definition) is 1. The lowest BCUT2D eigenvalue weighted by Crippen LogP contribution is -2.33. The van der Waals surface area contributed by atoms with Gasteiger partial charge in [-0.3, -0.25) is 0 Å². The molecule has 1 N–H and O–H groups in total. The van der Waals surface area contributed by atoms with Gasteiger partial charge in [0, 0.05) is 19.2 Å². The van der Waals surface area contributed by atoms with Gasteiger partial charge in [0.2, 0.25) is 0 Å². The average molecular weight is 259 g/mol. The van der Waals surface area contributed by atoms with Crippen LogP contribution in [-0.2, 0) is 17.6 Å². The zero-order valence-electron chi connectivity index (χ0n) is 12.0. The summed E-state index contributed by atoms with van der Waals surface area (Å²) in [5.74, 6) is 0. The van der Waals surface area contributed by atoms with E-state index in [1.165, 1.54) is 44.1 Å². The second-order valence-electron chi connectivity index (χ2n) is 6.00. The Morgan fingerprint density at radius 3 is 2.95 bits per heavy atom. The third-order valence-electron chi connectivity index (χ3n) is 4.55. The molecule has 1 aromatic rings. The summed E-state index contributed by atoms with van der Waals surface area (Å²) < 4.78 is 5.78. The van der Waals surface area contributed by atoms with Gasteiger partial charge < -0.3 is 10.1 Å². The van der Waals surface area contributed by atoms with Crippen molar-refractivity contribution in [3.8, 4) is 0 Å². The Labute approximate surface area is 116 Å². The number of benzene rings is 1. The van der Waals surface area contributed by atoms with Gasteiger partial charge in [-0.2, -0.15) is 0 Å². The van der Waals surface area contributed by atoms with Crippen molar-refractivity contribution in [3.05, 3.63) is 34.9 Å². The molecule has 0 radical (unpaired) electrons. The minimum atomic E-state index is 0.422. The van der Waals surface area contributed by atoms with Crippen LogP contribution in [0.2, 0.25) is 0 Å². The molecule has 1 fully saturated rings. The Morgan fingerprint density at radius 2 is 2.11 bits per heavy atom. The van der Waals surface area contributed by atoms with Gasteiger partial charge in [-0.25, -0.2) is 0 Å². The van der Waals surface area contributed by atoms with Gasteiger partial charge in [0.05, 0.1) is 6.10 Å². The van der Waals surface area contributed by atoms with Gasteiger partial charge in [-0.05, 0) is 62.1 Å². The Kier molecular flexibility index (Phi) is 4.19. The predicted octanol–water partition coefficient (Wildman–Crippen LogP) is 3.40. The van der Waals surface area contributed by atoms with Crippen LogP contribution in [0.1, 0.15) is 55.3 Å². The van der Waals surface area contributed by atoms with Crippen molar-refractivity contribution in [3.63, 3.8) is 0 Å². The van der Waals surface area contributed by atoms with Crippen molar-refractivity contribution < 1.29 is 4.74 Å². The van der Waals surface area contributed by atoms with Gasteiger partial charge in [0.25, 0.3) is 0 Å². The maximum absolute atomic E-state index is 5.78. The second kappa shape index (κ2) is 6.06. The van der Waals surface area contributed by atoms with Gasteiger partial charge in [-0.15, -0.1) is 0 Å². The van der Waals surface area contributed by atoms with Gasteiger partial charge in [0.15, 0.2) is 0 Å². The molecule has 19 heavy (non-hydrogen) atoms. The van der Waals surface area contributed by atoms with E-state index in [0.29, 0.717) is 12.1 Å². The first-order valence-corrected chi connectivity index (χ1v) is 7.79. The molecule has 2 atom stereocenters. The fourth-order valence-corrected chi connectivity index (χ4v) is 3.26. The van der Waals surface area contributed by atoms with E-state index in [4.69, 9.17) is 4.74 Å². The molecule has 104 valence electrons. The summed E-state index contributed by atoms with van der Waals surface area (Å²) in [6, 6.07) is 7.45. The zero-order chi connectivity index (χ0) is 13.1. The van der Waals surface area contributed by atoms with Crippen molar-refractivity contribution in [2.45, 2.75) is 57.6 Å². The first-order valence-electron chi connectivity index (χ1n) is 7.79. The average Bonchev–Trinajstić information content (AvgIpc) is 2.93. The standard InChI is InChI=1S/C17H25NO/c1-13(18-12-17-7-2-3-10-19-17)15-9-8-14-5-4-6-16(14)11-15/h8-9,11,13,17-18H,2-7,10,12H2,1H3. The SMILES string of the molecule is CC(NCC1CCCCO1)c1ccc2c(c1)CCC2. The van der Waals surface area contributed by atoms with Crippen LogP contribution in [0.3, 0.4) is 0 Å². The smallest absolute Gasteiger partial charge is 0.0699 e. The minimum Gasteiger partial charge on any atom is -0.377 e. The lowest BCUT2D eigenvalue weighted by atomic mass is 10.0. The lowest BCUT2D eigenvalue weighted by Gasteiger charge is -2.25. The molecule has 1 aliphatic carbocycles. The highest BCUT2D eigenvalue weighted by molar-refractivity contribution is 5.36. The maximum atomic E-state index is 5.78. The topological polar surface area (TPSA) is 21.3 Å². The summed E-state index contributed by atoms with van der Waals surface area (Å²) in [5.41, 5.74) is 4.56. The Balaban J connectivity index is 1.56. The zero-order valence-corrected chi connectivity index (χ0v) is 12.0. The van der Waals surface area contributed by atoms with Gasteiger partial charge in [-0.1, -0.05) is 18.2 Å². The molecular formula is C17H25NO. The van der Waals surface area contributed by atoms with Gasteiger partial charge >= 0.3 is 0 Å². The molecule has 2 heteroatoms. The van der Waals surface area contributed by atoms with Crippen LogP contribution in [0.15, 0.2) is 18.2 Å². The minimum absolute atomic E-state index is 0.422. The highest BCUT2D eigenvalue weighted by atomic mass is 16.5. The number of nitrogens with one attached hydrogen (secondary N) is 1. The molecule has 0 bridgehead atoms. The van der Waals surface area contributed by atoms with Crippen molar-refractivity contribution in [2.75, 3.05) is 13.2 Å². The van der Waals surface area contributed by atoms with Crippen LogP contribution in [0.4, 0.5) is 0 Å². The predicted molar refractivity (Wildman–Crippen MR) is 78.5 cm³/mol. The second-order valence-corrected chi connectivity index (χ2v) is 6.00. The van der Waals surface area contributed by atoms with Crippen LogP contribution < -0.4 is 5.32 Å². The van der Waals surface area contributed by atoms with E-state index in [1.54, 1.807) is 11.1 Å². The third kappa shape index (κ3) is 3.18. The fourth-order valence-electron chi connectivity index (χ4n) is 3.26. The van der Waals surface area contributed by atoms with E-state index in [1.807, 2.05) is 0 Å². The molecule has 2 unspecified atom stereocenters. The molecule has 0 spiro atoms. The molecule has 1 saturated heterocycles. The van der Waals surface area contributed by atoms with Crippen LogP contribution in [0.5, 0.6) is 0 Å². The number of aryl methyl sites for hydroxylation is 2. The van der Waals surface area contributed by atoms with E-state index in [9.17, 15) is 0 Å². The monoisotopic (exact) mass is 259 g/mol. The molecule has 1 aromatic carbocycles. The first kappa shape index (κ1) is 13.1. The highest BCUT2D eigenvalue weighted by Crippen LogP contribution is 2.25. The molecule has 3 rings (SSSR count). The summed E-state index contributed by atoms with van der Waals surface area (Å²) in [4.78, 5) is 0. The molecule has 1 heterocycles. The maximum Gasteiger partial charge on any atom is 0.0699 e. The van der Waals surface area contributed by atoms with Crippen molar-refractivity contribution >= 4 is 0 Å². The van der Waals surface area contributed by atoms with E-state index >= 15 is 0 Å². The lowest BCUT2D eigenvalue weighted by molar-refractivity contribution is 0.0156. The van der Waals surface area contributed by atoms with Crippen LogP contribution in [0.25, 0.3) is 0 Å². The van der Waals surface area contributed by atoms with Gasteiger partial charge in [0.1, 0.15) is 0 Å². The number of hydrogen-bond acceptors (Lipinski definition) is 2. The molecule has 0 amide bonds. The molecule has 2 aliphatic rings.